The molecule has 0 saturated heterocycles. The van der Waals surface area contributed by atoms with Crippen LogP contribution < -0.4 is 5.32 Å². The van der Waals surface area contributed by atoms with E-state index in [9.17, 15) is 4.79 Å². The normalized spacial score (nSPS) is 14.3. The summed E-state index contributed by atoms with van der Waals surface area (Å²) in [6, 6.07) is 0. The molecule has 1 heterocycles. The molecule has 1 amide bonds. The van der Waals surface area contributed by atoms with Gasteiger partial charge in [-0.2, -0.15) is 0 Å². The van der Waals surface area contributed by atoms with Crippen LogP contribution in [-0.2, 0) is 11.2 Å². The van der Waals surface area contributed by atoms with E-state index in [0.717, 1.165) is 17.0 Å². The van der Waals surface area contributed by atoms with E-state index in [1.54, 1.807) is 6.92 Å². The lowest BCUT2D eigenvalue weighted by molar-refractivity contribution is -0.124. The zero-order chi connectivity index (χ0) is 13.7. The second-order valence-corrected chi connectivity index (χ2v) is 4.84. The smallest absolute Gasteiger partial charge is 0.223 e. The summed E-state index contributed by atoms with van der Waals surface area (Å²) in [5, 5.41) is 15.8. The van der Waals surface area contributed by atoms with Crippen molar-refractivity contribution in [2.75, 3.05) is 6.54 Å². The summed E-state index contributed by atoms with van der Waals surface area (Å²) in [7, 11) is 0. The summed E-state index contributed by atoms with van der Waals surface area (Å²) in [5.41, 5.74) is 1.85. The van der Waals surface area contributed by atoms with Gasteiger partial charge in [0.2, 0.25) is 5.91 Å². The number of aryl methyl sites for hydroxylation is 2. The van der Waals surface area contributed by atoms with E-state index in [4.69, 9.17) is 9.63 Å². The fourth-order valence-electron chi connectivity index (χ4n) is 1.77. The molecule has 102 valence electrons. The lowest BCUT2D eigenvalue weighted by atomic mass is 9.99. The highest BCUT2D eigenvalue weighted by Gasteiger charge is 2.18. The van der Waals surface area contributed by atoms with Crippen molar-refractivity contribution in [2.45, 2.75) is 46.6 Å². The first-order valence-electron chi connectivity index (χ1n) is 6.29. The van der Waals surface area contributed by atoms with Crippen molar-refractivity contribution < 1.29 is 14.4 Å². The average molecular weight is 254 g/mol. The molecule has 1 rings (SSSR count). The Morgan fingerprint density at radius 3 is 2.61 bits per heavy atom. The van der Waals surface area contributed by atoms with Crippen molar-refractivity contribution >= 4 is 5.91 Å². The van der Waals surface area contributed by atoms with Gasteiger partial charge in [0.05, 0.1) is 11.8 Å². The zero-order valence-electron chi connectivity index (χ0n) is 11.5. The van der Waals surface area contributed by atoms with E-state index in [2.05, 4.69) is 10.5 Å². The van der Waals surface area contributed by atoms with Crippen LogP contribution in [0.5, 0.6) is 0 Å². The molecule has 5 nitrogen and oxygen atoms in total. The summed E-state index contributed by atoms with van der Waals surface area (Å²) in [4.78, 5) is 11.8. The first-order valence-corrected chi connectivity index (χ1v) is 6.29. The van der Waals surface area contributed by atoms with Crippen LogP contribution in [0.15, 0.2) is 4.52 Å². The van der Waals surface area contributed by atoms with Gasteiger partial charge in [-0.05, 0) is 33.6 Å². The van der Waals surface area contributed by atoms with E-state index < -0.39 is 0 Å². The zero-order valence-corrected chi connectivity index (χ0v) is 11.5. The molecule has 2 unspecified atom stereocenters. The molecule has 0 aromatic carbocycles. The molecule has 0 bridgehead atoms. The Morgan fingerprint density at radius 1 is 1.44 bits per heavy atom. The maximum Gasteiger partial charge on any atom is 0.223 e. The number of nitrogens with zero attached hydrogens (tertiary/aromatic N) is 1. The van der Waals surface area contributed by atoms with Crippen molar-refractivity contribution in [3.05, 3.63) is 17.0 Å². The third-order valence-electron chi connectivity index (χ3n) is 3.00. The number of hydrogen-bond acceptors (Lipinski definition) is 4. The molecule has 5 heteroatoms. The second kappa shape index (κ2) is 6.54. The van der Waals surface area contributed by atoms with Crippen LogP contribution in [0.2, 0.25) is 0 Å². The molecule has 0 saturated carbocycles. The van der Waals surface area contributed by atoms with Gasteiger partial charge in [-0.3, -0.25) is 4.79 Å². The van der Waals surface area contributed by atoms with Gasteiger partial charge in [-0.1, -0.05) is 12.1 Å². The van der Waals surface area contributed by atoms with Crippen LogP contribution in [0.3, 0.4) is 0 Å². The highest BCUT2D eigenvalue weighted by atomic mass is 16.5. The largest absolute Gasteiger partial charge is 0.393 e. The van der Waals surface area contributed by atoms with Crippen LogP contribution in [0, 0.1) is 19.8 Å². The number of hydrogen-bond donors (Lipinski definition) is 2. The maximum atomic E-state index is 11.8. The standard InChI is InChI=1S/C13H22N2O3/c1-8(13(17)14-6-5-9(2)16)7-12-10(3)15-18-11(12)4/h8-9,16H,5-7H2,1-4H3,(H,14,17). The summed E-state index contributed by atoms with van der Waals surface area (Å²) < 4.78 is 5.07. The molecular formula is C13H22N2O3. The van der Waals surface area contributed by atoms with Gasteiger partial charge in [0, 0.05) is 18.0 Å². The predicted octanol–water partition coefficient (Wildman–Crippen LogP) is 1.36. The van der Waals surface area contributed by atoms with Crippen molar-refractivity contribution in [1.29, 1.82) is 0 Å². The number of rotatable bonds is 6. The third kappa shape index (κ3) is 4.14. The Balaban J connectivity index is 2.45. The van der Waals surface area contributed by atoms with Crippen molar-refractivity contribution in [3.63, 3.8) is 0 Å². The van der Waals surface area contributed by atoms with Crippen molar-refractivity contribution in [3.8, 4) is 0 Å². The summed E-state index contributed by atoms with van der Waals surface area (Å²) in [6.45, 7) is 7.82. The quantitative estimate of drug-likeness (QED) is 0.803. The van der Waals surface area contributed by atoms with Crippen LogP contribution in [0.4, 0.5) is 0 Å². The first-order chi connectivity index (χ1) is 8.41. The Hall–Kier alpha value is -1.36. The number of carbonyl (C=O) groups excluding carboxylic acids is 1. The van der Waals surface area contributed by atoms with Crippen LogP contribution in [0.1, 0.15) is 37.3 Å². The Labute approximate surface area is 108 Å². The highest BCUT2D eigenvalue weighted by molar-refractivity contribution is 5.78. The monoisotopic (exact) mass is 254 g/mol. The summed E-state index contributed by atoms with van der Waals surface area (Å²) in [5.74, 6) is 0.641. The number of aliphatic hydroxyl groups excluding tert-OH is 1. The van der Waals surface area contributed by atoms with Crippen LogP contribution in [-0.4, -0.2) is 28.8 Å². The molecule has 18 heavy (non-hydrogen) atoms. The van der Waals surface area contributed by atoms with E-state index >= 15 is 0 Å². The molecule has 0 radical (unpaired) electrons. The SMILES string of the molecule is Cc1noc(C)c1CC(C)C(=O)NCCC(C)O. The number of amides is 1. The van der Waals surface area contributed by atoms with Gasteiger partial charge in [0.1, 0.15) is 5.76 Å². The van der Waals surface area contributed by atoms with Gasteiger partial charge in [-0.15, -0.1) is 0 Å². The molecule has 2 N–H and O–H groups in total. The summed E-state index contributed by atoms with van der Waals surface area (Å²) in [6.07, 6.45) is 0.814. The topological polar surface area (TPSA) is 75.4 Å². The molecule has 0 aliphatic carbocycles. The molecule has 0 aliphatic heterocycles. The molecule has 2 atom stereocenters. The third-order valence-corrected chi connectivity index (χ3v) is 3.00. The molecule has 1 aromatic rings. The van der Waals surface area contributed by atoms with E-state index in [0.29, 0.717) is 19.4 Å². The van der Waals surface area contributed by atoms with Crippen LogP contribution in [0.25, 0.3) is 0 Å². The van der Waals surface area contributed by atoms with Crippen molar-refractivity contribution in [2.24, 2.45) is 5.92 Å². The second-order valence-electron chi connectivity index (χ2n) is 4.84. The molecule has 0 fully saturated rings. The number of carbonyl (C=O) groups is 1. The maximum absolute atomic E-state index is 11.8. The van der Waals surface area contributed by atoms with E-state index in [1.807, 2.05) is 20.8 Å². The van der Waals surface area contributed by atoms with Gasteiger partial charge in [-0.25, -0.2) is 0 Å². The number of aromatic nitrogens is 1. The molecule has 0 spiro atoms. The average Bonchev–Trinajstić information content (AvgIpc) is 2.60. The summed E-state index contributed by atoms with van der Waals surface area (Å²) >= 11 is 0. The van der Waals surface area contributed by atoms with Gasteiger partial charge >= 0.3 is 0 Å². The van der Waals surface area contributed by atoms with Gasteiger partial charge in [0.15, 0.2) is 0 Å². The van der Waals surface area contributed by atoms with Crippen molar-refractivity contribution in [1.82, 2.24) is 10.5 Å². The first kappa shape index (κ1) is 14.7. The molecule has 0 aliphatic rings. The fraction of sp³-hybridized carbons (Fsp3) is 0.692. The molecule has 1 aromatic heterocycles. The van der Waals surface area contributed by atoms with Gasteiger partial charge < -0.3 is 14.9 Å². The minimum absolute atomic E-state index is 0.00403. The Morgan fingerprint density at radius 2 is 2.11 bits per heavy atom. The fourth-order valence-corrected chi connectivity index (χ4v) is 1.77. The number of aliphatic hydroxyl groups is 1. The minimum atomic E-state index is -0.386. The molecular weight excluding hydrogens is 232 g/mol. The van der Waals surface area contributed by atoms with E-state index in [1.165, 1.54) is 0 Å². The lowest BCUT2D eigenvalue weighted by Gasteiger charge is -2.12. The van der Waals surface area contributed by atoms with Gasteiger partial charge in [0.25, 0.3) is 0 Å². The number of nitrogens with one attached hydrogen (secondary N) is 1. The predicted molar refractivity (Wildman–Crippen MR) is 68.2 cm³/mol. The Kier molecular flexibility index (Phi) is 5.34. The van der Waals surface area contributed by atoms with Crippen LogP contribution >= 0.6 is 0 Å². The highest BCUT2D eigenvalue weighted by Crippen LogP contribution is 2.17. The lowest BCUT2D eigenvalue weighted by Crippen LogP contribution is -2.32. The van der Waals surface area contributed by atoms with E-state index in [-0.39, 0.29) is 17.9 Å². The Bertz CT molecular complexity index is 379. The minimum Gasteiger partial charge on any atom is -0.393 e.